The van der Waals surface area contributed by atoms with E-state index < -0.39 is 11.7 Å². The Morgan fingerprint density at radius 2 is 2.00 bits per heavy atom. The van der Waals surface area contributed by atoms with Crippen LogP contribution in [0.3, 0.4) is 0 Å². The number of hydrogen-bond donors (Lipinski definition) is 3. The highest BCUT2D eigenvalue weighted by molar-refractivity contribution is 6.13. The molecule has 0 radical (unpaired) electrons. The van der Waals surface area contributed by atoms with Crippen molar-refractivity contribution in [3.8, 4) is 0 Å². The number of piperidine rings is 1. The van der Waals surface area contributed by atoms with Crippen LogP contribution in [0.5, 0.6) is 0 Å². The van der Waals surface area contributed by atoms with Crippen molar-refractivity contribution in [3.05, 3.63) is 47.4 Å². The molecule has 0 aliphatic carbocycles. The first-order valence-electron chi connectivity index (χ1n) is 11.1. The summed E-state index contributed by atoms with van der Waals surface area (Å²) in [6, 6.07) is 1.39. The molecule has 1 aromatic carbocycles. The Kier molecular flexibility index (Phi) is 5.45. The van der Waals surface area contributed by atoms with E-state index in [1.165, 1.54) is 6.07 Å². The number of nitrogens with zero attached hydrogens (tertiary/aromatic N) is 5. The van der Waals surface area contributed by atoms with Crippen LogP contribution in [0.2, 0.25) is 0 Å². The predicted molar refractivity (Wildman–Crippen MR) is 125 cm³/mol. The van der Waals surface area contributed by atoms with E-state index >= 15 is 4.39 Å². The molecule has 1 saturated heterocycles. The smallest absolute Gasteiger partial charge is 0.262 e. The normalized spacial score (nSPS) is 14.8. The van der Waals surface area contributed by atoms with Crippen molar-refractivity contribution in [2.24, 2.45) is 13.0 Å². The summed E-state index contributed by atoms with van der Waals surface area (Å²) in [5.41, 5.74) is 3.09. The van der Waals surface area contributed by atoms with Gasteiger partial charge >= 0.3 is 0 Å². The average Bonchev–Trinajstić information content (AvgIpc) is 3.35. The lowest BCUT2D eigenvalue weighted by atomic mass is 9.98. The molecule has 1 aliphatic rings. The van der Waals surface area contributed by atoms with Crippen LogP contribution in [-0.4, -0.2) is 49.7 Å². The molecule has 0 saturated carbocycles. The van der Waals surface area contributed by atoms with E-state index in [1.807, 2.05) is 20.0 Å². The summed E-state index contributed by atoms with van der Waals surface area (Å²) in [6.45, 7) is 6.50. The number of nitrogens with one attached hydrogen (secondary N) is 3. The van der Waals surface area contributed by atoms with Crippen molar-refractivity contribution in [2.75, 3.05) is 30.3 Å². The van der Waals surface area contributed by atoms with Gasteiger partial charge in [0.25, 0.3) is 5.91 Å². The molecule has 5 rings (SSSR count). The van der Waals surface area contributed by atoms with Crippen molar-refractivity contribution >= 4 is 34.0 Å². The molecule has 9 nitrogen and oxygen atoms in total. The Morgan fingerprint density at radius 1 is 1.21 bits per heavy atom. The Morgan fingerprint density at radius 3 is 2.79 bits per heavy atom. The number of benzene rings is 1. The van der Waals surface area contributed by atoms with Crippen LogP contribution in [-0.2, 0) is 7.05 Å². The number of halogens is 1. The highest BCUT2D eigenvalue weighted by Gasteiger charge is 2.23. The number of aromatic nitrogens is 5. The van der Waals surface area contributed by atoms with Gasteiger partial charge in [-0.1, -0.05) is 0 Å². The zero-order valence-corrected chi connectivity index (χ0v) is 18.9. The van der Waals surface area contributed by atoms with Gasteiger partial charge in [-0.3, -0.25) is 14.5 Å². The van der Waals surface area contributed by atoms with Gasteiger partial charge in [0, 0.05) is 37.1 Å². The third-order valence-electron chi connectivity index (χ3n) is 6.10. The summed E-state index contributed by atoms with van der Waals surface area (Å²) in [7, 11) is 1.76. The summed E-state index contributed by atoms with van der Waals surface area (Å²) in [6.07, 6.45) is 7.49. The number of hydrogen-bond acceptors (Lipinski definition) is 6. The SMILES string of the molecule is Cc1cn2cc(NC(=O)c3c(F)cc(NCC4CCNCC4)c4cn(C)nc34)nc2c(C)n1. The van der Waals surface area contributed by atoms with E-state index in [4.69, 9.17) is 0 Å². The zero-order valence-electron chi connectivity index (χ0n) is 18.9. The van der Waals surface area contributed by atoms with Crippen LogP contribution in [0.15, 0.2) is 24.7 Å². The molecule has 3 aromatic heterocycles. The van der Waals surface area contributed by atoms with E-state index in [-0.39, 0.29) is 5.56 Å². The molecule has 4 heterocycles. The molecule has 172 valence electrons. The van der Waals surface area contributed by atoms with Crippen molar-refractivity contribution < 1.29 is 9.18 Å². The molecule has 1 amide bonds. The molecule has 0 spiro atoms. The number of carbonyl (C=O) groups excluding carboxylic acids is 1. The first-order valence-corrected chi connectivity index (χ1v) is 11.1. The first kappa shape index (κ1) is 21.3. The lowest BCUT2D eigenvalue weighted by molar-refractivity contribution is 0.102. The molecule has 0 unspecified atom stereocenters. The van der Waals surface area contributed by atoms with Crippen LogP contribution in [0.4, 0.5) is 15.9 Å². The third kappa shape index (κ3) is 4.13. The number of carbonyl (C=O) groups is 1. The van der Waals surface area contributed by atoms with Crippen LogP contribution in [0.25, 0.3) is 16.6 Å². The summed E-state index contributed by atoms with van der Waals surface area (Å²) < 4.78 is 18.6. The summed E-state index contributed by atoms with van der Waals surface area (Å²) in [4.78, 5) is 21.9. The van der Waals surface area contributed by atoms with Gasteiger partial charge in [-0.15, -0.1) is 0 Å². The van der Waals surface area contributed by atoms with E-state index in [0.717, 1.165) is 43.9 Å². The maximum Gasteiger partial charge on any atom is 0.262 e. The quantitative estimate of drug-likeness (QED) is 0.432. The first-order chi connectivity index (χ1) is 15.9. The maximum absolute atomic E-state index is 15.2. The number of fused-ring (bicyclic) bond motifs is 2. The molecule has 4 aromatic rings. The monoisotopic (exact) mass is 450 g/mol. The molecule has 0 atom stereocenters. The molecule has 1 aliphatic heterocycles. The Labute approximate surface area is 190 Å². The number of imidazole rings is 1. The van der Waals surface area contributed by atoms with Crippen LogP contribution in [0, 0.1) is 25.6 Å². The van der Waals surface area contributed by atoms with Gasteiger partial charge in [0.15, 0.2) is 11.5 Å². The van der Waals surface area contributed by atoms with Gasteiger partial charge in [-0.25, -0.2) is 9.37 Å². The Balaban J connectivity index is 1.44. The third-order valence-corrected chi connectivity index (χ3v) is 6.10. The van der Waals surface area contributed by atoms with Gasteiger partial charge < -0.3 is 20.4 Å². The molecule has 33 heavy (non-hydrogen) atoms. The van der Waals surface area contributed by atoms with E-state index in [1.54, 1.807) is 28.5 Å². The summed E-state index contributed by atoms with van der Waals surface area (Å²) >= 11 is 0. The molecule has 1 fully saturated rings. The molecule has 0 bridgehead atoms. The van der Waals surface area contributed by atoms with Crippen molar-refractivity contribution in [3.63, 3.8) is 0 Å². The average molecular weight is 451 g/mol. The number of anilines is 2. The maximum atomic E-state index is 15.2. The largest absolute Gasteiger partial charge is 0.384 e. The minimum Gasteiger partial charge on any atom is -0.384 e. The second-order valence-corrected chi connectivity index (χ2v) is 8.70. The fourth-order valence-electron chi connectivity index (χ4n) is 4.51. The van der Waals surface area contributed by atoms with Gasteiger partial charge in [0.2, 0.25) is 0 Å². The lowest BCUT2D eigenvalue weighted by Gasteiger charge is -2.23. The number of aryl methyl sites for hydroxylation is 3. The molecule has 3 N–H and O–H groups in total. The topological polar surface area (TPSA) is 101 Å². The van der Waals surface area contributed by atoms with E-state index in [0.29, 0.717) is 34.0 Å². The highest BCUT2D eigenvalue weighted by atomic mass is 19.1. The van der Waals surface area contributed by atoms with Crippen LogP contribution >= 0.6 is 0 Å². The summed E-state index contributed by atoms with van der Waals surface area (Å²) in [5.74, 6) is -0.358. The van der Waals surface area contributed by atoms with Crippen molar-refractivity contribution in [1.82, 2.24) is 29.5 Å². The van der Waals surface area contributed by atoms with Crippen LogP contribution in [0.1, 0.15) is 34.6 Å². The lowest BCUT2D eigenvalue weighted by Crippen LogP contribution is -2.31. The molecule has 10 heteroatoms. The van der Waals surface area contributed by atoms with Gasteiger partial charge in [0.05, 0.1) is 17.6 Å². The number of amides is 1. The number of rotatable bonds is 5. The van der Waals surface area contributed by atoms with Gasteiger partial charge in [0.1, 0.15) is 16.9 Å². The predicted octanol–water partition coefficient (Wildman–Crippen LogP) is 3.04. The second-order valence-electron chi connectivity index (χ2n) is 8.70. The van der Waals surface area contributed by atoms with Crippen molar-refractivity contribution in [2.45, 2.75) is 26.7 Å². The fraction of sp³-hybridized carbons (Fsp3) is 0.391. The summed E-state index contributed by atoms with van der Waals surface area (Å²) in [5, 5.41) is 14.6. The van der Waals surface area contributed by atoms with Gasteiger partial charge in [-0.05, 0) is 51.8 Å². The minimum atomic E-state index is -0.621. The van der Waals surface area contributed by atoms with Crippen LogP contribution < -0.4 is 16.0 Å². The zero-order chi connectivity index (χ0) is 23.1. The Bertz CT molecular complexity index is 1350. The standard InChI is InChI=1S/C23H27FN8O/c1-13-10-32-12-19(28-22(32)14(2)27-13)29-23(33)20-17(24)8-18(16-11-31(3)30-21(16)20)26-9-15-4-6-25-7-5-15/h8,10-12,15,25-26H,4-7,9H2,1-3H3,(H,29,33). The fourth-order valence-corrected chi connectivity index (χ4v) is 4.51. The van der Waals surface area contributed by atoms with E-state index in [2.05, 4.69) is 31.0 Å². The minimum absolute atomic E-state index is 0.0962. The Hall–Kier alpha value is -3.53. The van der Waals surface area contributed by atoms with E-state index in [9.17, 15) is 4.79 Å². The second kappa shape index (κ2) is 8.43. The van der Waals surface area contributed by atoms with Crippen molar-refractivity contribution in [1.29, 1.82) is 0 Å². The molecular formula is C23H27FN8O. The highest BCUT2D eigenvalue weighted by Crippen LogP contribution is 2.30. The molecular weight excluding hydrogens is 423 g/mol. The van der Waals surface area contributed by atoms with Gasteiger partial charge in [-0.2, -0.15) is 5.10 Å².